The highest BCUT2D eigenvalue weighted by Gasteiger charge is 2.24. The minimum absolute atomic E-state index is 0.281. The second-order valence-electron chi connectivity index (χ2n) is 5.60. The predicted octanol–water partition coefficient (Wildman–Crippen LogP) is 0.910. The van der Waals surface area contributed by atoms with E-state index >= 15 is 0 Å². The molecule has 0 amide bonds. The maximum absolute atomic E-state index is 11.9. The first kappa shape index (κ1) is 15.7. The summed E-state index contributed by atoms with van der Waals surface area (Å²) in [4.78, 5) is 8.71. The van der Waals surface area contributed by atoms with Crippen molar-refractivity contribution in [2.45, 2.75) is 11.8 Å². The van der Waals surface area contributed by atoms with Crippen molar-refractivity contribution in [2.24, 2.45) is 0 Å². The number of aryl methyl sites for hydroxylation is 1. The molecule has 8 heteroatoms. The van der Waals surface area contributed by atoms with Gasteiger partial charge < -0.3 is 9.80 Å². The van der Waals surface area contributed by atoms with E-state index in [1.54, 1.807) is 18.3 Å². The van der Waals surface area contributed by atoms with Crippen LogP contribution in [0.1, 0.15) is 5.69 Å². The van der Waals surface area contributed by atoms with Crippen molar-refractivity contribution in [2.75, 3.05) is 42.2 Å². The fraction of sp³-hybridized carbons (Fsp3) is 0.400. The Morgan fingerprint density at radius 2 is 1.70 bits per heavy atom. The fourth-order valence-corrected chi connectivity index (χ4v) is 3.46. The normalized spacial score (nSPS) is 15.7. The molecular weight excluding hydrogens is 314 g/mol. The molecule has 3 heterocycles. The molecule has 0 N–H and O–H groups in total. The largest absolute Gasteiger partial charge is 0.352 e. The van der Waals surface area contributed by atoms with Crippen LogP contribution in [0.2, 0.25) is 0 Å². The molecule has 0 bridgehead atoms. The smallest absolute Gasteiger partial charge is 0.179 e. The summed E-state index contributed by atoms with van der Waals surface area (Å²) in [5.74, 6) is 1.38. The van der Waals surface area contributed by atoms with E-state index in [1.165, 1.54) is 6.26 Å². The number of pyridine rings is 1. The number of sulfone groups is 1. The van der Waals surface area contributed by atoms with Crippen LogP contribution in [0.15, 0.2) is 35.4 Å². The van der Waals surface area contributed by atoms with Gasteiger partial charge >= 0.3 is 0 Å². The molecular formula is C15H19N5O2S. The fourth-order valence-electron chi connectivity index (χ4n) is 2.62. The maximum atomic E-state index is 11.9. The van der Waals surface area contributed by atoms with E-state index in [0.717, 1.165) is 24.6 Å². The number of piperazine rings is 1. The Labute approximate surface area is 135 Å². The Morgan fingerprint density at radius 3 is 2.30 bits per heavy atom. The number of nitrogens with zero attached hydrogens (tertiary/aromatic N) is 5. The summed E-state index contributed by atoms with van der Waals surface area (Å²) in [6.07, 6.45) is 2.84. The van der Waals surface area contributed by atoms with Crippen molar-refractivity contribution >= 4 is 21.5 Å². The lowest BCUT2D eigenvalue weighted by molar-refractivity contribution is 0.597. The van der Waals surface area contributed by atoms with Gasteiger partial charge in [0.25, 0.3) is 0 Å². The van der Waals surface area contributed by atoms with Crippen LogP contribution in [0.25, 0.3) is 0 Å². The van der Waals surface area contributed by atoms with Crippen molar-refractivity contribution in [1.29, 1.82) is 0 Å². The molecule has 0 spiro atoms. The van der Waals surface area contributed by atoms with Gasteiger partial charge in [0.15, 0.2) is 15.7 Å². The first-order valence-electron chi connectivity index (χ1n) is 7.40. The van der Waals surface area contributed by atoms with Gasteiger partial charge in [0.1, 0.15) is 10.7 Å². The van der Waals surface area contributed by atoms with Crippen molar-refractivity contribution in [3.05, 3.63) is 36.2 Å². The second kappa shape index (κ2) is 6.11. The van der Waals surface area contributed by atoms with Crippen LogP contribution in [0, 0.1) is 6.92 Å². The highest BCUT2D eigenvalue weighted by Crippen LogP contribution is 2.24. The summed E-state index contributed by atoms with van der Waals surface area (Å²) in [6, 6.07) is 7.16. The lowest BCUT2D eigenvalue weighted by Gasteiger charge is -2.36. The summed E-state index contributed by atoms with van der Waals surface area (Å²) in [5, 5.41) is 8.28. The van der Waals surface area contributed by atoms with Crippen LogP contribution in [-0.4, -0.2) is 56.0 Å². The predicted molar refractivity (Wildman–Crippen MR) is 88.5 cm³/mol. The first-order valence-corrected chi connectivity index (χ1v) is 9.29. The molecule has 0 aliphatic carbocycles. The minimum atomic E-state index is -3.29. The van der Waals surface area contributed by atoms with E-state index in [2.05, 4.69) is 20.1 Å². The monoisotopic (exact) mass is 333 g/mol. The van der Waals surface area contributed by atoms with E-state index in [4.69, 9.17) is 0 Å². The molecule has 3 rings (SSSR count). The van der Waals surface area contributed by atoms with Gasteiger partial charge in [-0.3, -0.25) is 0 Å². The zero-order chi connectivity index (χ0) is 16.4. The minimum Gasteiger partial charge on any atom is -0.352 e. The Morgan fingerprint density at radius 1 is 1.00 bits per heavy atom. The third-order valence-electron chi connectivity index (χ3n) is 3.84. The number of hydrogen-bond acceptors (Lipinski definition) is 7. The Bertz CT molecular complexity index is 784. The molecule has 23 heavy (non-hydrogen) atoms. The molecule has 1 saturated heterocycles. The van der Waals surface area contributed by atoms with E-state index in [1.807, 2.05) is 24.0 Å². The van der Waals surface area contributed by atoms with Crippen molar-refractivity contribution < 1.29 is 8.42 Å². The number of aromatic nitrogens is 3. The van der Waals surface area contributed by atoms with Crippen LogP contribution < -0.4 is 9.80 Å². The highest BCUT2D eigenvalue weighted by atomic mass is 32.2. The molecule has 0 atom stereocenters. The number of hydrogen-bond donors (Lipinski definition) is 0. The lowest BCUT2D eigenvalue weighted by Crippen LogP contribution is -2.47. The number of anilines is 2. The van der Waals surface area contributed by atoms with E-state index < -0.39 is 9.84 Å². The van der Waals surface area contributed by atoms with Crippen LogP contribution in [-0.2, 0) is 9.84 Å². The van der Waals surface area contributed by atoms with Crippen LogP contribution >= 0.6 is 0 Å². The average molecular weight is 333 g/mol. The average Bonchev–Trinajstić information content (AvgIpc) is 2.55. The standard InChI is InChI=1S/C15H19N5O2S/c1-12-5-6-14(18-17-12)19-8-10-20(11-9-19)15-13(23(2,21)22)4-3-7-16-15/h3-7H,8-11H2,1-2H3. The van der Waals surface area contributed by atoms with E-state index in [-0.39, 0.29) is 4.90 Å². The summed E-state index contributed by atoms with van der Waals surface area (Å²) in [6.45, 7) is 4.78. The van der Waals surface area contributed by atoms with Gasteiger partial charge in [-0.05, 0) is 31.2 Å². The summed E-state index contributed by atoms with van der Waals surface area (Å²) < 4.78 is 23.8. The molecule has 7 nitrogen and oxygen atoms in total. The molecule has 0 unspecified atom stereocenters. The van der Waals surface area contributed by atoms with Crippen LogP contribution in [0.4, 0.5) is 11.6 Å². The SMILES string of the molecule is Cc1ccc(N2CCN(c3ncccc3S(C)(=O)=O)CC2)nn1. The first-order chi connectivity index (χ1) is 10.9. The Kier molecular flexibility index (Phi) is 4.16. The van der Waals surface area contributed by atoms with E-state index in [0.29, 0.717) is 18.9 Å². The van der Waals surface area contributed by atoms with Crippen molar-refractivity contribution in [3.63, 3.8) is 0 Å². The third kappa shape index (κ3) is 3.42. The summed E-state index contributed by atoms with van der Waals surface area (Å²) in [5.41, 5.74) is 0.888. The lowest BCUT2D eigenvalue weighted by atomic mass is 10.3. The van der Waals surface area contributed by atoms with Gasteiger partial charge in [0, 0.05) is 38.6 Å². The molecule has 0 radical (unpaired) electrons. The summed E-state index contributed by atoms with van der Waals surface area (Å²) >= 11 is 0. The molecule has 122 valence electrons. The van der Waals surface area contributed by atoms with Crippen LogP contribution in [0.3, 0.4) is 0 Å². The van der Waals surface area contributed by atoms with Gasteiger partial charge in [-0.25, -0.2) is 13.4 Å². The molecule has 2 aromatic rings. The Balaban J connectivity index is 1.76. The quantitative estimate of drug-likeness (QED) is 0.826. The zero-order valence-electron chi connectivity index (χ0n) is 13.2. The van der Waals surface area contributed by atoms with Gasteiger partial charge in [-0.15, -0.1) is 5.10 Å². The third-order valence-corrected chi connectivity index (χ3v) is 4.95. The molecule has 1 aliphatic heterocycles. The summed E-state index contributed by atoms with van der Waals surface area (Å²) in [7, 11) is -3.29. The van der Waals surface area contributed by atoms with Crippen molar-refractivity contribution in [1.82, 2.24) is 15.2 Å². The van der Waals surface area contributed by atoms with Gasteiger partial charge in [0.2, 0.25) is 0 Å². The van der Waals surface area contributed by atoms with Gasteiger partial charge in [-0.1, -0.05) is 0 Å². The topological polar surface area (TPSA) is 79.3 Å². The van der Waals surface area contributed by atoms with Crippen molar-refractivity contribution in [3.8, 4) is 0 Å². The molecule has 2 aromatic heterocycles. The number of rotatable bonds is 3. The van der Waals surface area contributed by atoms with Gasteiger partial charge in [-0.2, -0.15) is 5.10 Å². The molecule has 1 aliphatic rings. The molecule has 1 fully saturated rings. The zero-order valence-corrected chi connectivity index (χ0v) is 14.0. The second-order valence-corrected chi connectivity index (χ2v) is 7.59. The maximum Gasteiger partial charge on any atom is 0.179 e. The van der Waals surface area contributed by atoms with Gasteiger partial charge in [0.05, 0.1) is 5.69 Å². The molecule has 0 saturated carbocycles. The van der Waals surface area contributed by atoms with E-state index in [9.17, 15) is 8.42 Å². The van der Waals surface area contributed by atoms with Crippen LogP contribution in [0.5, 0.6) is 0 Å². The molecule has 0 aromatic carbocycles. The Hall–Kier alpha value is -2.22. The highest BCUT2D eigenvalue weighted by molar-refractivity contribution is 7.90.